The number of fused-ring (bicyclic) bond motifs is 1. The number of nitrogens with zero attached hydrogens (tertiary/aromatic N) is 3. The highest BCUT2D eigenvalue weighted by atomic mass is 32.2. The average Bonchev–Trinajstić information content (AvgIpc) is 3.37. The quantitative estimate of drug-likeness (QED) is 0.765. The SMILES string of the molecule is Cc1cc(OC[C@H]2CCCO2)ccc1S(=O)(=O)Nc1nc2n(c1C#N)CCS2. The first-order valence-corrected chi connectivity index (χ1v) is 11.5. The van der Waals surface area contributed by atoms with Gasteiger partial charge in [-0.15, -0.1) is 0 Å². The van der Waals surface area contributed by atoms with Gasteiger partial charge >= 0.3 is 0 Å². The number of rotatable bonds is 6. The van der Waals surface area contributed by atoms with Crippen molar-refractivity contribution in [1.29, 1.82) is 5.26 Å². The van der Waals surface area contributed by atoms with Crippen molar-refractivity contribution in [2.45, 2.75) is 42.5 Å². The molecule has 8 nitrogen and oxygen atoms in total. The number of imidazole rings is 1. The van der Waals surface area contributed by atoms with Crippen LogP contribution >= 0.6 is 11.8 Å². The molecule has 0 amide bonds. The second-order valence-electron chi connectivity index (χ2n) is 6.68. The number of hydrogen-bond acceptors (Lipinski definition) is 7. The molecule has 28 heavy (non-hydrogen) atoms. The molecule has 0 radical (unpaired) electrons. The first-order valence-electron chi connectivity index (χ1n) is 8.99. The van der Waals surface area contributed by atoms with Crippen molar-refractivity contribution in [3.8, 4) is 11.8 Å². The Morgan fingerprint density at radius 3 is 3.07 bits per heavy atom. The number of aromatic nitrogens is 2. The van der Waals surface area contributed by atoms with Gasteiger partial charge in [-0.1, -0.05) is 11.8 Å². The van der Waals surface area contributed by atoms with Crippen LogP contribution in [0.15, 0.2) is 28.3 Å². The number of aryl methyl sites for hydroxylation is 1. The molecule has 0 bridgehead atoms. The number of benzene rings is 1. The summed E-state index contributed by atoms with van der Waals surface area (Å²) >= 11 is 1.50. The van der Waals surface area contributed by atoms with Crippen LogP contribution in [0.1, 0.15) is 24.1 Å². The Labute approximate surface area is 167 Å². The second kappa shape index (κ2) is 7.66. The highest BCUT2D eigenvalue weighted by Crippen LogP contribution is 2.32. The van der Waals surface area contributed by atoms with Crippen molar-refractivity contribution in [1.82, 2.24) is 9.55 Å². The van der Waals surface area contributed by atoms with E-state index in [4.69, 9.17) is 9.47 Å². The van der Waals surface area contributed by atoms with E-state index in [-0.39, 0.29) is 22.5 Å². The summed E-state index contributed by atoms with van der Waals surface area (Å²) in [5.74, 6) is 1.50. The molecular formula is C18H20N4O4S2. The lowest BCUT2D eigenvalue weighted by Gasteiger charge is -2.14. The van der Waals surface area contributed by atoms with Crippen molar-refractivity contribution < 1.29 is 17.9 Å². The lowest BCUT2D eigenvalue weighted by Crippen LogP contribution is -2.17. The first kappa shape index (κ1) is 19.1. The van der Waals surface area contributed by atoms with Gasteiger partial charge in [0.15, 0.2) is 16.7 Å². The fourth-order valence-corrected chi connectivity index (χ4v) is 5.51. The summed E-state index contributed by atoms with van der Waals surface area (Å²) in [6, 6.07) is 6.87. The fraction of sp³-hybridized carbons (Fsp3) is 0.444. The van der Waals surface area contributed by atoms with Crippen LogP contribution in [0, 0.1) is 18.3 Å². The molecule has 1 saturated heterocycles. The minimum absolute atomic E-state index is 0.0720. The maximum Gasteiger partial charge on any atom is 0.263 e. The summed E-state index contributed by atoms with van der Waals surface area (Å²) < 4.78 is 41.2. The fourth-order valence-electron chi connectivity index (χ4n) is 3.32. The third-order valence-corrected chi connectivity index (χ3v) is 7.17. The molecule has 10 heteroatoms. The molecule has 2 aliphatic heterocycles. The zero-order chi connectivity index (χ0) is 19.7. The average molecular weight is 421 g/mol. The summed E-state index contributed by atoms with van der Waals surface area (Å²) in [5, 5.41) is 10.1. The van der Waals surface area contributed by atoms with Crippen molar-refractivity contribution in [2.24, 2.45) is 0 Å². The maximum atomic E-state index is 12.9. The van der Waals surface area contributed by atoms with Gasteiger partial charge in [-0.2, -0.15) is 5.26 Å². The van der Waals surface area contributed by atoms with Gasteiger partial charge in [0.25, 0.3) is 10.0 Å². The number of nitrogens with one attached hydrogen (secondary N) is 1. The number of hydrogen-bond donors (Lipinski definition) is 1. The van der Waals surface area contributed by atoms with Crippen LogP contribution in [0.2, 0.25) is 0 Å². The smallest absolute Gasteiger partial charge is 0.263 e. The van der Waals surface area contributed by atoms with Crippen LogP contribution in [-0.2, 0) is 21.3 Å². The van der Waals surface area contributed by atoms with Crippen molar-refractivity contribution >= 4 is 27.6 Å². The Balaban J connectivity index is 1.52. The van der Waals surface area contributed by atoms with Gasteiger partial charge in [0, 0.05) is 18.9 Å². The molecule has 2 aliphatic rings. The van der Waals surface area contributed by atoms with Gasteiger partial charge in [-0.25, -0.2) is 13.4 Å². The highest BCUT2D eigenvalue weighted by Gasteiger charge is 2.26. The topological polar surface area (TPSA) is 106 Å². The van der Waals surface area contributed by atoms with E-state index in [2.05, 4.69) is 9.71 Å². The van der Waals surface area contributed by atoms with Crippen LogP contribution in [0.5, 0.6) is 5.75 Å². The molecule has 4 rings (SSSR count). The second-order valence-corrected chi connectivity index (χ2v) is 9.40. The number of nitriles is 1. The van der Waals surface area contributed by atoms with Crippen molar-refractivity contribution in [3.05, 3.63) is 29.5 Å². The number of thioether (sulfide) groups is 1. The molecule has 0 saturated carbocycles. The minimum atomic E-state index is -3.88. The van der Waals surface area contributed by atoms with Crippen LogP contribution in [0.4, 0.5) is 5.82 Å². The Hall–Kier alpha value is -2.22. The van der Waals surface area contributed by atoms with E-state index < -0.39 is 10.0 Å². The molecular weight excluding hydrogens is 400 g/mol. The van der Waals surface area contributed by atoms with Crippen molar-refractivity contribution in [3.63, 3.8) is 0 Å². The standard InChI is InChI=1S/C18H20N4O4S2/c1-12-9-13(26-11-14-3-2-7-25-14)4-5-16(12)28(23,24)21-17-15(10-19)22-6-8-27-18(22)20-17/h4-5,9,14,21H,2-3,6-8,11H2,1H3/t14-/m1/s1. The zero-order valence-corrected chi connectivity index (χ0v) is 17.0. The van der Waals surface area contributed by atoms with Gasteiger partial charge in [-0.05, 0) is 43.5 Å². The maximum absolute atomic E-state index is 12.9. The molecule has 1 aromatic heterocycles. The molecule has 2 aromatic rings. The molecule has 1 atom stereocenters. The monoisotopic (exact) mass is 420 g/mol. The number of ether oxygens (including phenoxy) is 2. The van der Waals surface area contributed by atoms with E-state index in [0.29, 0.717) is 29.6 Å². The van der Waals surface area contributed by atoms with E-state index in [9.17, 15) is 13.7 Å². The number of sulfonamides is 1. The van der Waals surface area contributed by atoms with Crippen LogP contribution in [-0.4, -0.2) is 43.0 Å². The van der Waals surface area contributed by atoms with Crippen LogP contribution < -0.4 is 9.46 Å². The third-order valence-electron chi connectivity index (χ3n) is 4.71. The van der Waals surface area contributed by atoms with Gasteiger partial charge in [0.2, 0.25) is 0 Å². The molecule has 3 heterocycles. The molecule has 0 unspecified atom stereocenters. The van der Waals surface area contributed by atoms with E-state index in [1.54, 1.807) is 23.6 Å². The Bertz CT molecular complexity index is 1040. The van der Waals surface area contributed by atoms with Gasteiger partial charge in [-0.3, -0.25) is 4.72 Å². The molecule has 1 fully saturated rings. The summed E-state index contributed by atoms with van der Waals surface area (Å²) in [7, 11) is -3.88. The van der Waals surface area contributed by atoms with Crippen LogP contribution in [0.25, 0.3) is 0 Å². The summed E-state index contributed by atoms with van der Waals surface area (Å²) in [6.07, 6.45) is 2.11. The molecule has 0 aliphatic carbocycles. The molecule has 148 valence electrons. The Morgan fingerprint density at radius 1 is 1.50 bits per heavy atom. The van der Waals surface area contributed by atoms with Gasteiger partial charge in [0.1, 0.15) is 18.4 Å². The minimum Gasteiger partial charge on any atom is -0.491 e. The lowest BCUT2D eigenvalue weighted by molar-refractivity contribution is 0.0679. The Kier molecular flexibility index (Phi) is 5.23. The predicted octanol–water partition coefficient (Wildman–Crippen LogP) is 2.53. The van der Waals surface area contributed by atoms with E-state index in [0.717, 1.165) is 25.2 Å². The molecule has 1 N–H and O–H groups in total. The van der Waals surface area contributed by atoms with E-state index in [1.165, 1.54) is 17.8 Å². The summed E-state index contributed by atoms with van der Waals surface area (Å²) in [4.78, 5) is 4.39. The largest absolute Gasteiger partial charge is 0.491 e. The van der Waals surface area contributed by atoms with E-state index >= 15 is 0 Å². The molecule has 0 spiro atoms. The Morgan fingerprint density at radius 2 is 2.36 bits per heavy atom. The zero-order valence-electron chi connectivity index (χ0n) is 15.3. The highest BCUT2D eigenvalue weighted by molar-refractivity contribution is 7.99. The van der Waals surface area contributed by atoms with E-state index in [1.807, 2.05) is 6.07 Å². The third kappa shape index (κ3) is 3.70. The van der Waals surface area contributed by atoms with Gasteiger partial charge < -0.3 is 14.0 Å². The van der Waals surface area contributed by atoms with Crippen molar-refractivity contribution in [2.75, 3.05) is 23.7 Å². The normalized spacial score (nSPS) is 18.6. The lowest BCUT2D eigenvalue weighted by atomic mass is 10.2. The summed E-state index contributed by atoms with van der Waals surface area (Å²) in [6.45, 7) is 3.57. The number of anilines is 1. The summed E-state index contributed by atoms with van der Waals surface area (Å²) in [5.41, 5.74) is 0.787. The first-order chi connectivity index (χ1) is 13.5. The predicted molar refractivity (Wildman–Crippen MR) is 104 cm³/mol. The van der Waals surface area contributed by atoms with Gasteiger partial charge in [0.05, 0.1) is 11.0 Å². The van der Waals surface area contributed by atoms with Crippen LogP contribution in [0.3, 0.4) is 0 Å². The molecule has 1 aromatic carbocycles.